The molecule has 0 aliphatic carbocycles. The van der Waals surface area contributed by atoms with Gasteiger partial charge in [-0.25, -0.2) is 4.79 Å². The average molecular weight is 258 g/mol. The first-order valence-corrected chi connectivity index (χ1v) is 6.10. The van der Waals surface area contributed by atoms with E-state index in [1.54, 1.807) is 4.90 Å². The monoisotopic (exact) mass is 258 g/mol. The second-order valence-corrected chi connectivity index (χ2v) is 5.31. The van der Waals surface area contributed by atoms with Gasteiger partial charge in [0.15, 0.2) is 0 Å². The summed E-state index contributed by atoms with van der Waals surface area (Å²) in [5.41, 5.74) is -0.530. The van der Waals surface area contributed by atoms with E-state index < -0.39 is 5.60 Å². The van der Waals surface area contributed by atoms with Gasteiger partial charge in [-0.15, -0.1) is 0 Å². The lowest BCUT2D eigenvalue weighted by molar-refractivity contribution is -0.142. The number of ether oxygens (including phenoxy) is 2. The smallest absolute Gasteiger partial charge is 0.410 e. The van der Waals surface area contributed by atoms with Crippen LogP contribution in [0.15, 0.2) is 0 Å². The van der Waals surface area contributed by atoms with Gasteiger partial charge < -0.3 is 19.7 Å². The normalized spacial score (nSPS) is 20.4. The molecule has 0 spiro atoms. The molecule has 1 N–H and O–H groups in total. The molecule has 0 aromatic rings. The summed E-state index contributed by atoms with van der Waals surface area (Å²) >= 11 is 0. The summed E-state index contributed by atoms with van der Waals surface area (Å²) in [4.78, 5) is 24.9. The van der Waals surface area contributed by atoms with Crippen LogP contribution < -0.4 is 5.32 Å². The van der Waals surface area contributed by atoms with Crippen LogP contribution >= 0.6 is 0 Å². The lowest BCUT2D eigenvalue weighted by atomic mass is 10.1. The third-order valence-corrected chi connectivity index (χ3v) is 2.61. The van der Waals surface area contributed by atoms with E-state index in [1.807, 2.05) is 20.8 Å². The molecule has 0 saturated carbocycles. The number of methoxy groups -OCH3 is 1. The lowest BCUT2D eigenvalue weighted by Crippen LogP contribution is -2.55. The Morgan fingerprint density at radius 1 is 1.39 bits per heavy atom. The van der Waals surface area contributed by atoms with Gasteiger partial charge in [0.05, 0.1) is 19.6 Å². The summed E-state index contributed by atoms with van der Waals surface area (Å²) in [5.74, 6) is -0.322. The number of carbonyl (C=O) groups is 2. The quantitative estimate of drug-likeness (QED) is 0.741. The fourth-order valence-corrected chi connectivity index (χ4v) is 1.78. The standard InChI is InChI=1S/C12H22N2O4/c1-12(2,3)18-11(16)14-6-5-13-8-9(14)7-10(15)17-4/h9,13H,5-8H2,1-4H3. The van der Waals surface area contributed by atoms with E-state index in [-0.39, 0.29) is 24.5 Å². The summed E-state index contributed by atoms with van der Waals surface area (Å²) in [6.07, 6.45) is -0.194. The highest BCUT2D eigenvalue weighted by Gasteiger charge is 2.31. The molecule has 1 amide bonds. The van der Waals surface area contributed by atoms with Crippen molar-refractivity contribution in [3.05, 3.63) is 0 Å². The zero-order chi connectivity index (χ0) is 13.8. The molecule has 0 aromatic heterocycles. The maximum absolute atomic E-state index is 12.0. The van der Waals surface area contributed by atoms with Crippen molar-refractivity contribution in [1.82, 2.24) is 10.2 Å². The van der Waals surface area contributed by atoms with Gasteiger partial charge in [0, 0.05) is 19.6 Å². The van der Waals surface area contributed by atoms with Crippen LogP contribution in [0.4, 0.5) is 4.79 Å². The van der Waals surface area contributed by atoms with Crippen molar-refractivity contribution in [1.29, 1.82) is 0 Å². The molecule has 1 rings (SSSR count). The van der Waals surface area contributed by atoms with E-state index >= 15 is 0 Å². The highest BCUT2D eigenvalue weighted by atomic mass is 16.6. The molecule has 1 heterocycles. The molecule has 1 atom stereocenters. The van der Waals surface area contributed by atoms with Crippen molar-refractivity contribution in [2.75, 3.05) is 26.7 Å². The summed E-state index contributed by atoms with van der Waals surface area (Å²) in [6.45, 7) is 7.29. The molecular weight excluding hydrogens is 236 g/mol. The molecule has 0 aromatic carbocycles. The SMILES string of the molecule is COC(=O)CC1CNCCN1C(=O)OC(C)(C)C. The molecule has 1 aliphatic rings. The minimum absolute atomic E-state index is 0.183. The molecule has 1 aliphatic heterocycles. The first-order chi connectivity index (χ1) is 8.33. The second-order valence-electron chi connectivity index (χ2n) is 5.31. The minimum atomic E-state index is -0.530. The average Bonchev–Trinajstić information content (AvgIpc) is 2.27. The van der Waals surface area contributed by atoms with E-state index in [9.17, 15) is 9.59 Å². The minimum Gasteiger partial charge on any atom is -0.469 e. The van der Waals surface area contributed by atoms with Crippen molar-refractivity contribution in [3.8, 4) is 0 Å². The highest BCUT2D eigenvalue weighted by Crippen LogP contribution is 2.15. The van der Waals surface area contributed by atoms with Crippen LogP contribution in [0.5, 0.6) is 0 Å². The first-order valence-electron chi connectivity index (χ1n) is 6.10. The van der Waals surface area contributed by atoms with Gasteiger partial charge in [0.25, 0.3) is 0 Å². The number of hydrogen-bond donors (Lipinski definition) is 1. The first kappa shape index (κ1) is 14.8. The Labute approximate surface area is 108 Å². The zero-order valence-electron chi connectivity index (χ0n) is 11.5. The molecular formula is C12H22N2O4. The maximum Gasteiger partial charge on any atom is 0.410 e. The molecule has 0 radical (unpaired) electrons. The summed E-state index contributed by atoms with van der Waals surface area (Å²) < 4.78 is 9.97. The summed E-state index contributed by atoms with van der Waals surface area (Å²) in [5, 5.41) is 3.15. The Morgan fingerprint density at radius 3 is 2.61 bits per heavy atom. The number of nitrogens with zero attached hydrogens (tertiary/aromatic N) is 1. The Balaban J connectivity index is 2.64. The van der Waals surface area contributed by atoms with E-state index in [1.165, 1.54) is 7.11 Å². The van der Waals surface area contributed by atoms with Crippen molar-refractivity contribution in [2.45, 2.75) is 38.8 Å². The van der Waals surface area contributed by atoms with Crippen LogP contribution in [0, 0.1) is 0 Å². The Bertz CT molecular complexity index is 312. The van der Waals surface area contributed by atoms with Gasteiger partial charge in [0.2, 0.25) is 0 Å². The van der Waals surface area contributed by atoms with Crippen LogP contribution in [-0.2, 0) is 14.3 Å². The van der Waals surface area contributed by atoms with Gasteiger partial charge in [-0.3, -0.25) is 4.79 Å². The molecule has 6 heteroatoms. The topological polar surface area (TPSA) is 67.9 Å². The second kappa shape index (κ2) is 6.04. The van der Waals surface area contributed by atoms with Crippen molar-refractivity contribution < 1.29 is 19.1 Å². The Kier molecular flexibility index (Phi) is 4.95. The van der Waals surface area contributed by atoms with Gasteiger partial charge >= 0.3 is 12.1 Å². The van der Waals surface area contributed by atoms with Gasteiger partial charge in [0.1, 0.15) is 5.60 Å². The van der Waals surface area contributed by atoms with Crippen LogP contribution in [0.3, 0.4) is 0 Å². The molecule has 0 bridgehead atoms. The third kappa shape index (κ3) is 4.52. The van der Waals surface area contributed by atoms with E-state index in [0.29, 0.717) is 19.6 Å². The van der Waals surface area contributed by atoms with Gasteiger partial charge in [-0.2, -0.15) is 0 Å². The predicted octanol–water partition coefficient (Wildman–Crippen LogP) is 0.758. The fraction of sp³-hybridized carbons (Fsp3) is 0.833. The molecule has 18 heavy (non-hydrogen) atoms. The molecule has 1 saturated heterocycles. The molecule has 6 nitrogen and oxygen atoms in total. The van der Waals surface area contributed by atoms with Crippen LogP contribution in [0.2, 0.25) is 0 Å². The number of piperazine rings is 1. The Morgan fingerprint density at radius 2 is 2.06 bits per heavy atom. The maximum atomic E-state index is 12.0. The number of hydrogen-bond acceptors (Lipinski definition) is 5. The number of nitrogens with one attached hydrogen (secondary N) is 1. The highest BCUT2D eigenvalue weighted by molar-refractivity contribution is 5.73. The lowest BCUT2D eigenvalue weighted by Gasteiger charge is -2.36. The van der Waals surface area contributed by atoms with E-state index in [0.717, 1.165) is 0 Å². The number of amides is 1. The number of rotatable bonds is 2. The zero-order valence-corrected chi connectivity index (χ0v) is 11.5. The summed E-state index contributed by atoms with van der Waals surface area (Å²) in [7, 11) is 1.34. The molecule has 104 valence electrons. The van der Waals surface area contributed by atoms with Crippen LogP contribution in [0.25, 0.3) is 0 Å². The van der Waals surface area contributed by atoms with Crippen LogP contribution in [-0.4, -0.2) is 55.3 Å². The molecule has 1 fully saturated rings. The van der Waals surface area contributed by atoms with Crippen molar-refractivity contribution >= 4 is 12.1 Å². The Hall–Kier alpha value is -1.30. The number of carbonyl (C=O) groups excluding carboxylic acids is 2. The third-order valence-electron chi connectivity index (χ3n) is 2.61. The van der Waals surface area contributed by atoms with Gasteiger partial charge in [-0.1, -0.05) is 0 Å². The molecule has 1 unspecified atom stereocenters. The van der Waals surface area contributed by atoms with E-state index in [4.69, 9.17) is 4.74 Å². The largest absolute Gasteiger partial charge is 0.469 e. The van der Waals surface area contributed by atoms with E-state index in [2.05, 4.69) is 10.1 Å². The van der Waals surface area contributed by atoms with Gasteiger partial charge in [-0.05, 0) is 20.8 Å². The summed E-state index contributed by atoms with van der Waals surface area (Å²) in [6, 6.07) is -0.207. The predicted molar refractivity (Wildman–Crippen MR) is 66.2 cm³/mol. The van der Waals surface area contributed by atoms with Crippen LogP contribution in [0.1, 0.15) is 27.2 Å². The van der Waals surface area contributed by atoms with Crippen molar-refractivity contribution in [2.24, 2.45) is 0 Å². The fourth-order valence-electron chi connectivity index (χ4n) is 1.78. The van der Waals surface area contributed by atoms with Crippen molar-refractivity contribution in [3.63, 3.8) is 0 Å². The number of esters is 1.